The molecule has 3 heteroatoms. The molecule has 9 atom stereocenters. The number of carbonyl (C=O) groups is 1. The van der Waals surface area contributed by atoms with Crippen molar-refractivity contribution in [2.75, 3.05) is 0 Å². The van der Waals surface area contributed by atoms with Gasteiger partial charge in [0.1, 0.15) is 0 Å². The Labute approximate surface area is 183 Å². The van der Waals surface area contributed by atoms with Gasteiger partial charge in [-0.3, -0.25) is 0 Å². The van der Waals surface area contributed by atoms with Crippen molar-refractivity contribution in [3.8, 4) is 0 Å². The molecule has 8 bridgehead atoms. The van der Waals surface area contributed by atoms with Gasteiger partial charge in [0.15, 0.2) is 5.60 Å². The van der Waals surface area contributed by atoms with Gasteiger partial charge in [-0.2, -0.15) is 0 Å². The van der Waals surface area contributed by atoms with Crippen molar-refractivity contribution in [2.24, 2.45) is 40.4 Å². The molecule has 8 rings (SSSR count). The van der Waals surface area contributed by atoms with Gasteiger partial charge in [-0.1, -0.05) is 38.8 Å². The summed E-state index contributed by atoms with van der Waals surface area (Å²) in [6, 6.07) is 0. The average Bonchev–Trinajstić information content (AvgIpc) is 3.04. The highest BCUT2D eigenvalue weighted by Crippen LogP contribution is 2.68. The van der Waals surface area contributed by atoms with Crippen molar-refractivity contribution in [3.63, 3.8) is 0 Å². The van der Waals surface area contributed by atoms with Crippen LogP contribution in [0.25, 0.3) is 0 Å². The van der Waals surface area contributed by atoms with Crippen LogP contribution in [0, 0.1) is 40.4 Å². The normalized spacial score (nSPS) is 53.3. The zero-order chi connectivity index (χ0) is 21.3. The van der Waals surface area contributed by atoms with E-state index in [9.17, 15) is 9.90 Å². The lowest BCUT2D eigenvalue weighted by molar-refractivity contribution is -0.171. The van der Waals surface area contributed by atoms with Gasteiger partial charge in [-0.15, -0.1) is 0 Å². The summed E-state index contributed by atoms with van der Waals surface area (Å²) in [5.74, 6) is 3.33. The van der Waals surface area contributed by atoms with Gasteiger partial charge in [0, 0.05) is 0 Å². The van der Waals surface area contributed by atoms with Gasteiger partial charge in [-0.05, 0) is 112 Å². The first-order valence-corrected chi connectivity index (χ1v) is 12.8. The molecule has 3 nitrogen and oxygen atoms in total. The van der Waals surface area contributed by atoms with E-state index in [1.54, 1.807) is 5.57 Å². The molecule has 5 fully saturated rings. The molecule has 4 heterocycles. The SMILES string of the molecule is C[C@@H]1CCC[C@@](C)(C(=O)O)OC2C=C3CC[C@@H]4C(CC[C@]5(C)[C@@H]1CC[C@H]45)[C@@]3(C)CC2. The molecule has 30 heavy (non-hydrogen) atoms. The highest BCUT2D eigenvalue weighted by Gasteiger charge is 2.59. The molecule has 0 aromatic rings. The van der Waals surface area contributed by atoms with Crippen molar-refractivity contribution in [3.05, 3.63) is 11.6 Å². The minimum Gasteiger partial charge on any atom is -0.479 e. The minimum absolute atomic E-state index is 0.0291. The number of aliphatic carboxylic acids is 1. The van der Waals surface area contributed by atoms with E-state index in [-0.39, 0.29) is 6.10 Å². The highest BCUT2D eigenvalue weighted by atomic mass is 16.5. The highest BCUT2D eigenvalue weighted by molar-refractivity contribution is 5.76. The van der Waals surface area contributed by atoms with Gasteiger partial charge in [0.2, 0.25) is 0 Å². The number of rotatable bonds is 1. The quantitative estimate of drug-likeness (QED) is 0.491. The summed E-state index contributed by atoms with van der Waals surface area (Å²) in [4.78, 5) is 12.2. The fourth-order valence-electron chi connectivity index (χ4n) is 9.28. The molecule has 8 aliphatic rings. The van der Waals surface area contributed by atoms with E-state index >= 15 is 0 Å². The smallest absolute Gasteiger partial charge is 0.335 e. The van der Waals surface area contributed by atoms with Crippen molar-refractivity contribution in [1.29, 1.82) is 0 Å². The lowest BCUT2D eigenvalue weighted by Crippen LogP contribution is -2.51. The largest absolute Gasteiger partial charge is 0.479 e. The molecule has 0 amide bonds. The van der Waals surface area contributed by atoms with Crippen LogP contribution in [0.2, 0.25) is 0 Å². The van der Waals surface area contributed by atoms with Crippen molar-refractivity contribution < 1.29 is 14.6 Å². The number of hydrogen-bond donors (Lipinski definition) is 1. The summed E-state index contributed by atoms with van der Waals surface area (Å²) in [6.07, 6.45) is 15.4. The molecule has 2 unspecified atom stereocenters. The molecule has 0 aromatic heterocycles. The minimum atomic E-state index is -1.06. The van der Waals surface area contributed by atoms with E-state index in [1.165, 1.54) is 44.9 Å². The fraction of sp³-hybridized carbons (Fsp3) is 0.889. The van der Waals surface area contributed by atoms with Gasteiger partial charge < -0.3 is 9.84 Å². The first-order valence-electron chi connectivity index (χ1n) is 12.8. The zero-order valence-corrected chi connectivity index (χ0v) is 19.6. The summed E-state index contributed by atoms with van der Waals surface area (Å²) in [6.45, 7) is 9.44. The third-order valence-electron chi connectivity index (χ3n) is 11.0. The van der Waals surface area contributed by atoms with Crippen molar-refractivity contribution in [2.45, 2.75) is 110 Å². The van der Waals surface area contributed by atoms with E-state index in [0.29, 0.717) is 23.2 Å². The summed E-state index contributed by atoms with van der Waals surface area (Å²) >= 11 is 0. The number of ether oxygens (including phenoxy) is 1. The topological polar surface area (TPSA) is 46.5 Å². The second kappa shape index (κ2) is 7.09. The van der Waals surface area contributed by atoms with Crippen LogP contribution in [-0.4, -0.2) is 22.8 Å². The first kappa shape index (κ1) is 21.0. The Kier molecular flexibility index (Phi) is 4.97. The molecule has 4 aliphatic carbocycles. The van der Waals surface area contributed by atoms with Crippen LogP contribution >= 0.6 is 0 Å². The summed E-state index contributed by atoms with van der Waals surface area (Å²) < 4.78 is 6.38. The molecule has 3 saturated carbocycles. The maximum absolute atomic E-state index is 12.2. The molecule has 0 radical (unpaired) electrons. The maximum atomic E-state index is 12.2. The number of carboxylic acids is 1. The number of allylic oxidation sites excluding steroid dienone is 1. The Bertz CT molecular complexity index is 742. The lowest BCUT2D eigenvalue weighted by atomic mass is 9.46. The summed E-state index contributed by atoms with van der Waals surface area (Å²) in [7, 11) is 0. The second-order valence-corrected chi connectivity index (χ2v) is 12.4. The van der Waals surface area contributed by atoms with Gasteiger partial charge in [0.05, 0.1) is 6.10 Å². The zero-order valence-electron chi connectivity index (χ0n) is 19.6. The molecular formula is C27H42O3. The number of hydrogen-bond acceptors (Lipinski definition) is 2. The van der Waals surface area contributed by atoms with E-state index in [1.807, 2.05) is 6.92 Å². The Balaban J connectivity index is 1.55. The Hall–Kier alpha value is -0.830. The van der Waals surface area contributed by atoms with Crippen LogP contribution in [0.3, 0.4) is 0 Å². The van der Waals surface area contributed by atoms with Crippen LogP contribution in [0.5, 0.6) is 0 Å². The fourth-order valence-corrected chi connectivity index (χ4v) is 9.28. The molecule has 0 spiro atoms. The Morgan fingerprint density at radius 2 is 1.73 bits per heavy atom. The lowest BCUT2D eigenvalue weighted by Gasteiger charge is -2.59. The van der Waals surface area contributed by atoms with Crippen LogP contribution in [0.15, 0.2) is 11.6 Å². The summed E-state index contributed by atoms with van der Waals surface area (Å²) in [5.41, 5.74) is 1.35. The first-order chi connectivity index (χ1) is 14.2. The van der Waals surface area contributed by atoms with Gasteiger partial charge in [0.25, 0.3) is 0 Å². The standard InChI is InChI=1S/C27H42O3/c1-17-6-5-13-27(4,24(28)29)30-19-11-14-25(2)18(16-19)7-8-20-22-10-9-21(17)26(22,3)15-12-23(20)25/h16-17,19-23H,5-15H2,1-4H3,(H,28,29)/t17-,19?,20+,21-,22-,23?,25+,26-,27+/m1/s1. The predicted octanol–water partition coefficient (Wildman–Crippen LogP) is 6.61. The monoisotopic (exact) mass is 414 g/mol. The molecule has 1 N–H and O–H groups in total. The third-order valence-corrected chi connectivity index (χ3v) is 11.0. The predicted molar refractivity (Wildman–Crippen MR) is 119 cm³/mol. The Morgan fingerprint density at radius 3 is 2.50 bits per heavy atom. The maximum Gasteiger partial charge on any atom is 0.335 e. The van der Waals surface area contributed by atoms with E-state index in [0.717, 1.165) is 42.9 Å². The second-order valence-electron chi connectivity index (χ2n) is 12.4. The van der Waals surface area contributed by atoms with Crippen LogP contribution < -0.4 is 0 Å². The van der Waals surface area contributed by atoms with Crippen molar-refractivity contribution in [1.82, 2.24) is 0 Å². The van der Waals surface area contributed by atoms with Gasteiger partial charge >= 0.3 is 5.97 Å². The number of fused-ring (bicyclic) bond motifs is 1. The molecule has 168 valence electrons. The van der Waals surface area contributed by atoms with Crippen molar-refractivity contribution >= 4 is 5.97 Å². The molecule has 4 aliphatic heterocycles. The molecule has 2 saturated heterocycles. The number of carboxylic acid groups (broad SMARTS) is 1. The third kappa shape index (κ3) is 2.97. The Morgan fingerprint density at radius 1 is 0.967 bits per heavy atom. The molecular weight excluding hydrogens is 372 g/mol. The van der Waals surface area contributed by atoms with Gasteiger partial charge in [-0.25, -0.2) is 4.79 Å². The average molecular weight is 415 g/mol. The van der Waals surface area contributed by atoms with Crippen LogP contribution in [-0.2, 0) is 9.53 Å². The van der Waals surface area contributed by atoms with E-state index in [4.69, 9.17) is 4.74 Å². The summed E-state index contributed by atoms with van der Waals surface area (Å²) in [5, 5.41) is 10.0. The van der Waals surface area contributed by atoms with E-state index < -0.39 is 11.6 Å². The van der Waals surface area contributed by atoms with E-state index in [2.05, 4.69) is 26.8 Å². The van der Waals surface area contributed by atoms with Crippen LogP contribution in [0.4, 0.5) is 0 Å². The molecule has 0 aromatic carbocycles. The van der Waals surface area contributed by atoms with Crippen LogP contribution in [0.1, 0.15) is 98.3 Å².